The number of rotatable bonds is 2. The molecule has 1 unspecified atom stereocenters. The van der Waals surface area contributed by atoms with Crippen LogP contribution in [-0.2, 0) is 4.79 Å². The molecule has 0 aliphatic heterocycles. The van der Waals surface area contributed by atoms with Gasteiger partial charge in [0.1, 0.15) is 0 Å². The van der Waals surface area contributed by atoms with Crippen molar-refractivity contribution < 1.29 is 4.79 Å². The Morgan fingerprint density at radius 3 is 2.77 bits per heavy atom. The van der Waals surface area contributed by atoms with Crippen molar-refractivity contribution in [2.24, 2.45) is 11.1 Å². The third-order valence-corrected chi connectivity index (χ3v) is 2.93. The monoisotopic (exact) mass is 181 g/mol. The minimum absolute atomic E-state index is 0.0549. The molecule has 0 spiro atoms. The first-order chi connectivity index (χ1) is 5.97. The zero-order valence-electron chi connectivity index (χ0n) is 8.76. The Hall–Kier alpha value is -0.630. The van der Waals surface area contributed by atoms with Gasteiger partial charge >= 0.3 is 0 Å². The normalized spacial score (nSPS) is 24.0. The van der Waals surface area contributed by atoms with Gasteiger partial charge in [0.05, 0.1) is 0 Å². The molecule has 0 aromatic heterocycles. The quantitative estimate of drug-likeness (QED) is 0.708. The lowest BCUT2D eigenvalue weighted by atomic mass is 9.72. The molecule has 2 heteroatoms. The van der Waals surface area contributed by atoms with Crippen LogP contribution in [0.1, 0.15) is 40.0 Å². The summed E-state index contributed by atoms with van der Waals surface area (Å²) in [5, 5.41) is 0. The van der Waals surface area contributed by atoms with Crippen molar-refractivity contribution in [1.82, 2.24) is 0 Å². The van der Waals surface area contributed by atoms with Crippen molar-refractivity contribution >= 4 is 5.78 Å². The number of hydrogen-bond donors (Lipinski definition) is 1. The van der Waals surface area contributed by atoms with Crippen LogP contribution in [0.3, 0.4) is 0 Å². The second-order valence-corrected chi connectivity index (χ2v) is 4.46. The highest BCUT2D eigenvalue weighted by molar-refractivity contribution is 5.91. The van der Waals surface area contributed by atoms with Gasteiger partial charge < -0.3 is 5.73 Å². The van der Waals surface area contributed by atoms with Crippen LogP contribution in [0, 0.1) is 5.41 Å². The molecule has 1 aliphatic carbocycles. The summed E-state index contributed by atoms with van der Waals surface area (Å²) in [6.45, 7) is 6.39. The Bertz CT molecular complexity index is 240. The van der Waals surface area contributed by atoms with E-state index in [4.69, 9.17) is 5.73 Å². The van der Waals surface area contributed by atoms with Gasteiger partial charge in [-0.3, -0.25) is 4.79 Å². The molecule has 13 heavy (non-hydrogen) atoms. The van der Waals surface area contributed by atoms with Crippen LogP contribution in [0.5, 0.6) is 0 Å². The second kappa shape index (κ2) is 3.62. The minimum atomic E-state index is 0.0549. The molecule has 74 valence electrons. The lowest BCUT2D eigenvalue weighted by molar-refractivity contribution is -0.115. The predicted octanol–water partition coefficient (Wildman–Crippen LogP) is 2.04. The molecule has 0 saturated carbocycles. The van der Waals surface area contributed by atoms with E-state index in [0.29, 0.717) is 6.42 Å². The Morgan fingerprint density at radius 2 is 2.23 bits per heavy atom. The smallest absolute Gasteiger partial charge is 0.155 e. The zero-order chi connectivity index (χ0) is 10.1. The van der Waals surface area contributed by atoms with E-state index in [2.05, 4.69) is 20.8 Å². The molecule has 0 saturated heterocycles. The Labute approximate surface area is 80.2 Å². The maximum Gasteiger partial charge on any atom is 0.155 e. The SMILES string of the molecule is CCC(N)C1=CC(=O)CCC1(C)C. The average molecular weight is 181 g/mol. The van der Waals surface area contributed by atoms with Gasteiger partial charge in [-0.25, -0.2) is 0 Å². The maximum absolute atomic E-state index is 11.2. The average Bonchev–Trinajstić information content (AvgIpc) is 2.08. The highest BCUT2D eigenvalue weighted by atomic mass is 16.1. The number of nitrogens with two attached hydrogens (primary N) is 1. The Balaban J connectivity index is 2.94. The van der Waals surface area contributed by atoms with Crippen molar-refractivity contribution in [3.63, 3.8) is 0 Å². The van der Waals surface area contributed by atoms with Crippen LogP contribution in [0.4, 0.5) is 0 Å². The first kappa shape index (κ1) is 10.5. The van der Waals surface area contributed by atoms with E-state index in [-0.39, 0.29) is 17.2 Å². The molecule has 0 radical (unpaired) electrons. The molecule has 0 aromatic carbocycles. The first-order valence-corrected chi connectivity index (χ1v) is 4.98. The first-order valence-electron chi connectivity index (χ1n) is 4.98. The van der Waals surface area contributed by atoms with Crippen molar-refractivity contribution in [1.29, 1.82) is 0 Å². The maximum atomic E-state index is 11.2. The van der Waals surface area contributed by atoms with Crippen LogP contribution in [0.15, 0.2) is 11.6 Å². The highest BCUT2D eigenvalue weighted by Gasteiger charge is 2.31. The summed E-state index contributed by atoms with van der Waals surface area (Å²) in [7, 11) is 0. The van der Waals surface area contributed by atoms with Crippen LogP contribution in [0.2, 0.25) is 0 Å². The summed E-state index contributed by atoms with van der Waals surface area (Å²) in [5.41, 5.74) is 7.21. The molecule has 0 heterocycles. The fourth-order valence-corrected chi connectivity index (χ4v) is 1.85. The molecular formula is C11H19NO. The number of allylic oxidation sites excluding steroid dienone is 1. The van der Waals surface area contributed by atoms with E-state index in [1.54, 1.807) is 6.08 Å². The molecule has 0 aromatic rings. The van der Waals surface area contributed by atoms with Gasteiger partial charge in [-0.2, -0.15) is 0 Å². The fraction of sp³-hybridized carbons (Fsp3) is 0.727. The van der Waals surface area contributed by atoms with E-state index in [1.165, 1.54) is 0 Å². The van der Waals surface area contributed by atoms with Gasteiger partial charge in [0.2, 0.25) is 0 Å². The van der Waals surface area contributed by atoms with Gasteiger partial charge in [-0.05, 0) is 29.9 Å². The summed E-state index contributed by atoms with van der Waals surface area (Å²) in [4.78, 5) is 11.2. The van der Waals surface area contributed by atoms with Gasteiger partial charge in [0.25, 0.3) is 0 Å². The molecule has 1 rings (SSSR count). The minimum Gasteiger partial charge on any atom is -0.324 e. The fourth-order valence-electron chi connectivity index (χ4n) is 1.85. The third-order valence-electron chi connectivity index (χ3n) is 2.93. The second-order valence-electron chi connectivity index (χ2n) is 4.46. The predicted molar refractivity (Wildman–Crippen MR) is 54.4 cm³/mol. The van der Waals surface area contributed by atoms with Crippen LogP contribution in [0.25, 0.3) is 0 Å². The van der Waals surface area contributed by atoms with Crippen molar-refractivity contribution in [3.05, 3.63) is 11.6 Å². The van der Waals surface area contributed by atoms with E-state index < -0.39 is 0 Å². The highest BCUT2D eigenvalue weighted by Crippen LogP contribution is 2.37. The molecule has 2 N–H and O–H groups in total. The lowest BCUT2D eigenvalue weighted by Crippen LogP contribution is -2.34. The summed E-state index contributed by atoms with van der Waals surface area (Å²) >= 11 is 0. The Morgan fingerprint density at radius 1 is 1.62 bits per heavy atom. The molecular weight excluding hydrogens is 162 g/mol. The van der Waals surface area contributed by atoms with Crippen LogP contribution >= 0.6 is 0 Å². The third kappa shape index (κ3) is 2.19. The molecule has 2 nitrogen and oxygen atoms in total. The summed E-state index contributed by atoms with van der Waals surface area (Å²) in [6, 6.07) is 0.0549. The van der Waals surface area contributed by atoms with Gasteiger partial charge in [0.15, 0.2) is 5.78 Å². The van der Waals surface area contributed by atoms with Gasteiger partial charge in [-0.15, -0.1) is 0 Å². The largest absolute Gasteiger partial charge is 0.324 e. The van der Waals surface area contributed by atoms with Crippen molar-refractivity contribution in [2.75, 3.05) is 0 Å². The number of carbonyl (C=O) groups excluding carboxylic acids is 1. The van der Waals surface area contributed by atoms with Crippen molar-refractivity contribution in [3.8, 4) is 0 Å². The van der Waals surface area contributed by atoms with E-state index >= 15 is 0 Å². The summed E-state index contributed by atoms with van der Waals surface area (Å²) in [6.07, 6.45) is 4.28. The molecule has 0 bridgehead atoms. The molecule has 0 fully saturated rings. The molecule has 1 aliphatic rings. The van der Waals surface area contributed by atoms with Crippen LogP contribution in [-0.4, -0.2) is 11.8 Å². The number of ketones is 1. The standard InChI is InChI=1S/C11H19NO/c1-4-10(12)9-7-8(13)5-6-11(9,2)3/h7,10H,4-6,12H2,1-3H3. The van der Waals surface area contributed by atoms with Crippen molar-refractivity contribution in [2.45, 2.75) is 46.1 Å². The summed E-state index contributed by atoms with van der Waals surface area (Å²) < 4.78 is 0. The van der Waals surface area contributed by atoms with E-state index in [1.807, 2.05) is 0 Å². The van der Waals surface area contributed by atoms with Gasteiger partial charge in [-0.1, -0.05) is 20.8 Å². The Kier molecular flexibility index (Phi) is 2.91. The molecule has 1 atom stereocenters. The molecule has 0 amide bonds. The van der Waals surface area contributed by atoms with E-state index in [0.717, 1.165) is 18.4 Å². The lowest BCUT2D eigenvalue weighted by Gasteiger charge is -2.34. The number of carbonyl (C=O) groups is 1. The van der Waals surface area contributed by atoms with Gasteiger partial charge in [0, 0.05) is 12.5 Å². The summed E-state index contributed by atoms with van der Waals surface area (Å²) in [5.74, 6) is 0.234. The topological polar surface area (TPSA) is 43.1 Å². The van der Waals surface area contributed by atoms with E-state index in [9.17, 15) is 4.79 Å². The number of hydrogen-bond acceptors (Lipinski definition) is 2. The van der Waals surface area contributed by atoms with Crippen LogP contribution < -0.4 is 5.73 Å². The zero-order valence-corrected chi connectivity index (χ0v) is 8.76.